The second kappa shape index (κ2) is 11.0. The molecular formula is C10H20Cl2O4. The van der Waals surface area contributed by atoms with E-state index in [0.717, 1.165) is 12.8 Å². The van der Waals surface area contributed by atoms with Crippen molar-refractivity contribution in [3.63, 3.8) is 0 Å². The van der Waals surface area contributed by atoms with Gasteiger partial charge in [-0.25, -0.2) is 0 Å². The van der Waals surface area contributed by atoms with Gasteiger partial charge in [-0.05, 0) is 26.7 Å². The summed E-state index contributed by atoms with van der Waals surface area (Å²) < 4.78 is 4.76. The number of carboxylic acid groups (broad SMARTS) is 1. The van der Waals surface area contributed by atoms with Crippen LogP contribution in [0.2, 0.25) is 0 Å². The maximum absolute atomic E-state index is 10.4. The molecule has 6 heteroatoms. The molecule has 0 aromatic carbocycles. The number of hydrogen-bond donors (Lipinski definition) is 1. The molecule has 16 heavy (non-hydrogen) atoms. The molecule has 0 amide bonds. The van der Waals surface area contributed by atoms with Crippen LogP contribution in [-0.2, 0) is 14.3 Å². The van der Waals surface area contributed by atoms with Crippen molar-refractivity contribution in [1.29, 1.82) is 0 Å². The normalized spacial score (nSPS) is 12.5. The lowest BCUT2D eigenvalue weighted by Gasteiger charge is -2.04. The van der Waals surface area contributed by atoms with Crippen LogP contribution in [0.1, 0.15) is 40.0 Å². The van der Waals surface area contributed by atoms with E-state index in [1.807, 2.05) is 13.8 Å². The highest BCUT2D eigenvalue weighted by Gasteiger charge is 2.28. The molecule has 0 spiro atoms. The van der Waals surface area contributed by atoms with Gasteiger partial charge in [0.1, 0.15) is 0 Å². The van der Waals surface area contributed by atoms with E-state index in [1.165, 1.54) is 0 Å². The lowest BCUT2D eigenvalue weighted by atomic mass is 10.4. The molecule has 0 aliphatic heterocycles. The summed E-state index contributed by atoms with van der Waals surface area (Å²) in [7, 11) is 0. The zero-order chi connectivity index (χ0) is 11.1. The highest BCUT2D eigenvalue weighted by molar-refractivity contribution is 5.85. The van der Waals surface area contributed by atoms with E-state index in [4.69, 9.17) is 9.84 Å². The lowest BCUT2D eigenvalue weighted by Crippen LogP contribution is -2.09. The van der Waals surface area contributed by atoms with Crippen molar-refractivity contribution >= 4 is 36.8 Å². The second-order valence-corrected chi connectivity index (χ2v) is 3.50. The van der Waals surface area contributed by atoms with Gasteiger partial charge < -0.3 is 9.84 Å². The van der Waals surface area contributed by atoms with Crippen LogP contribution >= 0.6 is 24.8 Å². The molecule has 0 atom stereocenters. The summed E-state index contributed by atoms with van der Waals surface area (Å²) in [5.41, 5.74) is 0. The number of carbonyl (C=O) groups excluding carboxylic acids is 1. The lowest BCUT2D eigenvalue weighted by molar-refractivity contribution is -0.147. The zero-order valence-electron chi connectivity index (χ0n) is 9.76. The monoisotopic (exact) mass is 274 g/mol. The van der Waals surface area contributed by atoms with Crippen molar-refractivity contribution in [2.75, 3.05) is 0 Å². The molecule has 0 unspecified atom stereocenters. The number of rotatable bonds is 3. The van der Waals surface area contributed by atoms with E-state index in [1.54, 1.807) is 6.92 Å². The van der Waals surface area contributed by atoms with Crippen molar-refractivity contribution in [3.05, 3.63) is 0 Å². The number of esters is 1. The maximum atomic E-state index is 10.4. The van der Waals surface area contributed by atoms with Crippen LogP contribution in [0.5, 0.6) is 0 Å². The molecule has 1 N–H and O–H groups in total. The van der Waals surface area contributed by atoms with Gasteiger partial charge in [-0.3, -0.25) is 9.59 Å². The molecule has 1 aliphatic carbocycles. The van der Waals surface area contributed by atoms with Crippen molar-refractivity contribution in [2.45, 2.75) is 46.1 Å². The van der Waals surface area contributed by atoms with Gasteiger partial charge in [-0.1, -0.05) is 6.92 Å². The van der Waals surface area contributed by atoms with Crippen LogP contribution < -0.4 is 0 Å². The third kappa shape index (κ3) is 13.5. The summed E-state index contributed by atoms with van der Waals surface area (Å²) in [4.78, 5) is 20.2. The first kappa shape index (κ1) is 20.9. The van der Waals surface area contributed by atoms with E-state index >= 15 is 0 Å². The Morgan fingerprint density at radius 1 is 1.31 bits per heavy atom. The van der Waals surface area contributed by atoms with E-state index in [0.29, 0.717) is 6.42 Å². The van der Waals surface area contributed by atoms with E-state index < -0.39 is 5.97 Å². The summed E-state index contributed by atoms with van der Waals surface area (Å²) in [6.45, 7) is 5.46. The minimum atomic E-state index is -0.630. The Bertz CT molecular complexity index is 203. The fourth-order valence-corrected chi connectivity index (χ4v) is 0.677. The summed E-state index contributed by atoms with van der Waals surface area (Å²) in [6.07, 6.45) is 2.30. The first-order valence-electron chi connectivity index (χ1n) is 4.89. The van der Waals surface area contributed by atoms with Crippen molar-refractivity contribution in [3.8, 4) is 0 Å². The number of hydrogen-bond acceptors (Lipinski definition) is 3. The summed E-state index contributed by atoms with van der Waals surface area (Å²) in [5.74, 6) is -0.736. The number of ether oxygens (including phenoxy) is 1. The largest absolute Gasteiger partial charge is 0.481 e. The van der Waals surface area contributed by atoms with Crippen molar-refractivity contribution in [1.82, 2.24) is 0 Å². The molecule has 1 fully saturated rings. The molecule has 0 bridgehead atoms. The van der Waals surface area contributed by atoms with Crippen LogP contribution in [0.15, 0.2) is 0 Å². The first-order valence-corrected chi connectivity index (χ1v) is 4.89. The molecule has 0 saturated heterocycles. The van der Waals surface area contributed by atoms with Gasteiger partial charge in [-0.2, -0.15) is 0 Å². The molecule has 1 saturated carbocycles. The second-order valence-electron chi connectivity index (χ2n) is 3.50. The third-order valence-electron chi connectivity index (χ3n) is 1.58. The van der Waals surface area contributed by atoms with E-state index in [9.17, 15) is 9.59 Å². The Kier molecular flexibility index (Phi) is 14.4. The SMILES string of the molecule is CCC(=O)OC(C)C.Cl.Cl.O=C(O)C1CC1. The number of carboxylic acids is 1. The summed E-state index contributed by atoms with van der Waals surface area (Å²) in [5, 5.41) is 8.05. The van der Waals surface area contributed by atoms with Gasteiger partial charge in [0, 0.05) is 6.42 Å². The average Bonchev–Trinajstić information content (AvgIpc) is 2.85. The smallest absolute Gasteiger partial charge is 0.306 e. The first-order chi connectivity index (χ1) is 6.47. The molecule has 0 aromatic rings. The Morgan fingerprint density at radius 2 is 1.75 bits per heavy atom. The zero-order valence-corrected chi connectivity index (χ0v) is 11.4. The highest BCUT2D eigenvalue weighted by Crippen LogP contribution is 2.28. The molecule has 0 aromatic heterocycles. The standard InChI is InChI=1S/C6H12O2.C4H6O2.2ClH/c1-4-6(7)8-5(2)3;5-4(6)3-1-2-3;;/h5H,4H2,1-3H3;3H,1-2H2,(H,5,6);2*1H. The van der Waals surface area contributed by atoms with Gasteiger partial charge in [0.15, 0.2) is 0 Å². The Balaban J connectivity index is -0.000000192. The molecule has 98 valence electrons. The van der Waals surface area contributed by atoms with Gasteiger partial charge in [0.2, 0.25) is 0 Å². The van der Waals surface area contributed by atoms with Crippen LogP contribution in [0.25, 0.3) is 0 Å². The summed E-state index contributed by atoms with van der Waals surface area (Å²) >= 11 is 0. The van der Waals surface area contributed by atoms with Gasteiger partial charge in [0.25, 0.3) is 0 Å². The van der Waals surface area contributed by atoms with Crippen LogP contribution in [0, 0.1) is 5.92 Å². The van der Waals surface area contributed by atoms with Crippen LogP contribution in [0.4, 0.5) is 0 Å². The molecular weight excluding hydrogens is 255 g/mol. The topological polar surface area (TPSA) is 63.6 Å². The Morgan fingerprint density at radius 3 is 1.81 bits per heavy atom. The highest BCUT2D eigenvalue weighted by atomic mass is 35.5. The molecule has 0 heterocycles. The molecule has 0 radical (unpaired) electrons. The van der Waals surface area contributed by atoms with Gasteiger partial charge in [-0.15, -0.1) is 24.8 Å². The summed E-state index contributed by atoms with van der Waals surface area (Å²) in [6, 6.07) is 0. The maximum Gasteiger partial charge on any atom is 0.306 e. The number of aliphatic carboxylic acids is 1. The third-order valence-corrected chi connectivity index (χ3v) is 1.58. The minimum Gasteiger partial charge on any atom is -0.481 e. The van der Waals surface area contributed by atoms with Gasteiger partial charge >= 0.3 is 11.9 Å². The van der Waals surface area contributed by atoms with E-state index in [2.05, 4.69) is 0 Å². The van der Waals surface area contributed by atoms with Crippen molar-refractivity contribution in [2.24, 2.45) is 5.92 Å². The number of halogens is 2. The van der Waals surface area contributed by atoms with Crippen molar-refractivity contribution < 1.29 is 19.4 Å². The fraction of sp³-hybridized carbons (Fsp3) is 0.800. The predicted octanol–water partition coefficient (Wildman–Crippen LogP) is 2.67. The average molecular weight is 275 g/mol. The quantitative estimate of drug-likeness (QED) is 0.804. The molecule has 1 aliphatic rings. The fourth-order valence-electron chi connectivity index (χ4n) is 0.677. The minimum absolute atomic E-state index is 0. The number of carbonyl (C=O) groups is 2. The van der Waals surface area contributed by atoms with Gasteiger partial charge in [0.05, 0.1) is 12.0 Å². The van der Waals surface area contributed by atoms with Crippen LogP contribution in [0.3, 0.4) is 0 Å². The Hall–Kier alpha value is -0.480. The van der Waals surface area contributed by atoms with E-state index in [-0.39, 0.29) is 42.8 Å². The molecule has 1 rings (SSSR count). The van der Waals surface area contributed by atoms with Crippen LogP contribution in [-0.4, -0.2) is 23.1 Å². The molecule has 4 nitrogen and oxygen atoms in total. The predicted molar refractivity (Wildman–Crippen MR) is 66.4 cm³/mol. The Labute approximate surface area is 109 Å².